The van der Waals surface area contributed by atoms with Gasteiger partial charge in [-0.3, -0.25) is 0 Å². The maximum Gasteiger partial charge on any atom is 0.341 e. The Morgan fingerprint density at radius 1 is 1.50 bits per heavy atom. The van der Waals surface area contributed by atoms with E-state index in [2.05, 4.69) is 0 Å². The molecule has 1 aliphatic rings. The smallest absolute Gasteiger partial charge is 0.341 e. The van der Waals surface area contributed by atoms with Gasteiger partial charge in [0.1, 0.15) is 5.75 Å². The molecule has 0 heterocycles. The van der Waals surface area contributed by atoms with Crippen LogP contribution < -0.4 is 10.5 Å². The van der Waals surface area contributed by atoms with Crippen LogP contribution in [0.25, 0.3) is 0 Å². The number of hydrogen-bond donors (Lipinski definition) is 2. The van der Waals surface area contributed by atoms with Crippen LogP contribution in [0.2, 0.25) is 0 Å². The Kier molecular flexibility index (Phi) is 3.10. The van der Waals surface area contributed by atoms with Crippen molar-refractivity contribution in [3.63, 3.8) is 0 Å². The Morgan fingerprint density at radius 2 is 2.31 bits per heavy atom. The maximum absolute atomic E-state index is 10.4. The number of carbonyl (C=O) groups is 1. The molecule has 0 saturated heterocycles. The first-order valence-corrected chi connectivity index (χ1v) is 5.37. The lowest BCUT2D eigenvalue weighted by Gasteiger charge is -2.21. The highest BCUT2D eigenvalue weighted by Crippen LogP contribution is 2.24. The van der Waals surface area contributed by atoms with Crippen LogP contribution in [0.5, 0.6) is 5.75 Å². The molecule has 0 bridgehead atoms. The zero-order valence-electron chi connectivity index (χ0n) is 8.98. The minimum atomic E-state index is -0.959. The second-order valence-corrected chi connectivity index (χ2v) is 4.12. The van der Waals surface area contributed by atoms with E-state index >= 15 is 0 Å². The number of fused-ring (bicyclic) bond motifs is 1. The predicted molar refractivity (Wildman–Crippen MR) is 59.6 cm³/mol. The summed E-state index contributed by atoms with van der Waals surface area (Å²) in [5.41, 5.74) is 8.35. The second kappa shape index (κ2) is 4.53. The molecule has 3 N–H and O–H groups in total. The Balaban J connectivity index is 2.10. The molecule has 0 fully saturated rings. The van der Waals surface area contributed by atoms with Gasteiger partial charge in [-0.25, -0.2) is 4.79 Å². The Labute approximate surface area is 94.0 Å². The number of carboxylic acids is 1. The quantitative estimate of drug-likeness (QED) is 0.797. The molecule has 16 heavy (non-hydrogen) atoms. The van der Waals surface area contributed by atoms with Crippen LogP contribution in [-0.2, 0) is 17.6 Å². The van der Waals surface area contributed by atoms with E-state index in [4.69, 9.17) is 15.6 Å². The maximum atomic E-state index is 10.4. The summed E-state index contributed by atoms with van der Waals surface area (Å²) in [6, 6.07) is 5.95. The molecule has 0 spiro atoms. The molecule has 4 nitrogen and oxygen atoms in total. The SMILES string of the molecule is NC1CCc2cc(OCC(=O)O)ccc2C1. The summed E-state index contributed by atoms with van der Waals surface area (Å²) in [6.07, 6.45) is 2.82. The predicted octanol–water partition coefficient (Wildman–Crippen LogP) is 0.966. The van der Waals surface area contributed by atoms with E-state index in [1.54, 1.807) is 6.07 Å². The molecule has 1 aromatic rings. The standard InChI is InChI=1S/C12H15NO3/c13-10-3-1-9-6-11(16-7-12(14)15)4-2-8(9)5-10/h2,4,6,10H,1,3,5,7,13H2,(H,14,15). The molecule has 0 amide bonds. The number of rotatable bonds is 3. The van der Waals surface area contributed by atoms with Crippen molar-refractivity contribution >= 4 is 5.97 Å². The van der Waals surface area contributed by atoms with Gasteiger partial charge in [-0.15, -0.1) is 0 Å². The number of benzene rings is 1. The molecular weight excluding hydrogens is 206 g/mol. The van der Waals surface area contributed by atoms with E-state index < -0.39 is 5.97 Å². The molecule has 86 valence electrons. The Bertz CT molecular complexity index is 403. The lowest BCUT2D eigenvalue weighted by molar-refractivity contribution is -0.139. The van der Waals surface area contributed by atoms with Gasteiger partial charge in [-0.2, -0.15) is 0 Å². The fraction of sp³-hybridized carbons (Fsp3) is 0.417. The molecule has 0 aliphatic heterocycles. The summed E-state index contributed by atoms with van der Waals surface area (Å²) in [4.78, 5) is 10.4. The molecule has 1 unspecified atom stereocenters. The number of ether oxygens (including phenoxy) is 1. The third-order valence-corrected chi connectivity index (χ3v) is 2.81. The summed E-state index contributed by atoms with van der Waals surface area (Å²) in [7, 11) is 0. The summed E-state index contributed by atoms with van der Waals surface area (Å²) >= 11 is 0. The van der Waals surface area contributed by atoms with Gasteiger partial charge in [0, 0.05) is 6.04 Å². The molecule has 1 aliphatic carbocycles. The first-order valence-electron chi connectivity index (χ1n) is 5.37. The Morgan fingerprint density at radius 3 is 3.06 bits per heavy atom. The zero-order chi connectivity index (χ0) is 11.5. The second-order valence-electron chi connectivity index (χ2n) is 4.12. The minimum absolute atomic E-state index is 0.248. The molecule has 1 aromatic carbocycles. The van der Waals surface area contributed by atoms with E-state index in [-0.39, 0.29) is 12.6 Å². The number of carboxylic acid groups (broad SMARTS) is 1. The number of hydrogen-bond acceptors (Lipinski definition) is 3. The van der Waals surface area contributed by atoms with E-state index in [1.165, 1.54) is 11.1 Å². The van der Waals surface area contributed by atoms with E-state index in [0.29, 0.717) is 5.75 Å². The van der Waals surface area contributed by atoms with Crippen molar-refractivity contribution in [2.24, 2.45) is 5.73 Å². The van der Waals surface area contributed by atoms with Gasteiger partial charge < -0.3 is 15.6 Å². The van der Waals surface area contributed by atoms with Crippen LogP contribution in [0.3, 0.4) is 0 Å². The third kappa shape index (κ3) is 2.52. The highest BCUT2D eigenvalue weighted by atomic mass is 16.5. The highest BCUT2D eigenvalue weighted by molar-refractivity contribution is 5.68. The van der Waals surface area contributed by atoms with Crippen LogP contribution in [0.15, 0.2) is 18.2 Å². The van der Waals surface area contributed by atoms with Crippen molar-refractivity contribution in [1.82, 2.24) is 0 Å². The summed E-state index contributed by atoms with van der Waals surface area (Å²) in [5, 5.41) is 8.51. The fourth-order valence-corrected chi connectivity index (χ4v) is 1.99. The van der Waals surface area contributed by atoms with Gasteiger partial charge in [0.05, 0.1) is 0 Å². The summed E-state index contributed by atoms with van der Waals surface area (Å²) < 4.78 is 5.13. The monoisotopic (exact) mass is 221 g/mol. The lowest BCUT2D eigenvalue weighted by atomic mass is 9.89. The molecule has 0 saturated carbocycles. The van der Waals surface area contributed by atoms with E-state index in [0.717, 1.165) is 19.3 Å². The van der Waals surface area contributed by atoms with E-state index in [1.807, 2.05) is 12.1 Å². The molecule has 1 atom stereocenters. The number of aryl methyl sites for hydroxylation is 1. The largest absolute Gasteiger partial charge is 0.482 e. The molecule has 0 aromatic heterocycles. The highest BCUT2D eigenvalue weighted by Gasteiger charge is 2.15. The molecule has 2 rings (SSSR count). The van der Waals surface area contributed by atoms with Crippen LogP contribution in [0.4, 0.5) is 0 Å². The average molecular weight is 221 g/mol. The van der Waals surface area contributed by atoms with Gasteiger partial charge in [-0.05, 0) is 42.5 Å². The van der Waals surface area contributed by atoms with Crippen LogP contribution in [-0.4, -0.2) is 23.7 Å². The zero-order valence-corrected chi connectivity index (χ0v) is 8.98. The van der Waals surface area contributed by atoms with Crippen molar-refractivity contribution < 1.29 is 14.6 Å². The molecular formula is C12H15NO3. The van der Waals surface area contributed by atoms with Crippen molar-refractivity contribution in [2.45, 2.75) is 25.3 Å². The Hall–Kier alpha value is -1.55. The van der Waals surface area contributed by atoms with Crippen molar-refractivity contribution in [3.05, 3.63) is 29.3 Å². The molecule has 0 radical (unpaired) electrons. The van der Waals surface area contributed by atoms with Crippen molar-refractivity contribution in [3.8, 4) is 5.75 Å². The first-order chi connectivity index (χ1) is 7.65. The normalized spacial score (nSPS) is 18.9. The van der Waals surface area contributed by atoms with Gasteiger partial charge in [0.15, 0.2) is 6.61 Å². The summed E-state index contributed by atoms with van der Waals surface area (Å²) in [5.74, 6) is -0.337. The number of aliphatic carboxylic acids is 1. The first kappa shape index (κ1) is 11.0. The van der Waals surface area contributed by atoms with Gasteiger partial charge >= 0.3 is 5.97 Å². The fourth-order valence-electron chi connectivity index (χ4n) is 1.99. The third-order valence-electron chi connectivity index (χ3n) is 2.81. The van der Waals surface area contributed by atoms with Gasteiger partial charge in [-0.1, -0.05) is 6.07 Å². The average Bonchev–Trinajstić information content (AvgIpc) is 2.26. The minimum Gasteiger partial charge on any atom is -0.482 e. The van der Waals surface area contributed by atoms with Crippen molar-refractivity contribution in [2.75, 3.05) is 6.61 Å². The van der Waals surface area contributed by atoms with Crippen molar-refractivity contribution in [1.29, 1.82) is 0 Å². The van der Waals surface area contributed by atoms with E-state index in [9.17, 15) is 4.79 Å². The number of nitrogens with two attached hydrogens (primary N) is 1. The summed E-state index contributed by atoms with van der Waals surface area (Å²) in [6.45, 7) is -0.293. The van der Waals surface area contributed by atoms with Crippen LogP contribution in [0, 0.1) is 0 Å². The lowest BCUT2D eigenvalue weighted by Crippen LogP contribution is -2.27. The van der Waals surface area contributed by atoms with Crippen LogP contribution in [0.1, 0.15) is 17.5 Å². The topological polar surface area (TPSA) is 72.5 Å². The van der Waals surface area contributed by atoms with Gasteiger partial charge in [0.2, 0.25) is 0 Å². The molecule has 4 heteroatoms. The van der Waals surface area contributed by atoms with Gasteiger partial charge in [0.25, 0.3) is 0 Å². The van der Waals surface area contributed by atoms with Crippen LogP contribution >= 0.6 is 0 Å².